The van der Waals surface area contributed by atoms with Crippen LogP contribution in [0, 0.1) is 11.6 Å². The number of piperidine rings is 1. The van der Waals surface area contributed by atoms with Gasteiger partial charge in [0.25, 0.3) is 0 Å². The number of nitrogens with zero attached hydrogens (tertiary/aromatic N) is 1. The van der Waals surface area contributed by atoms with Crippen LogP contribution in [-0.2, 0) is 0 Å². The number of benzene rings is 1. The zero-order valence-corrected chi connectivity index (χ0v) is 11.4. The molecule has 0 radical (unpaired) electrons. The number of anilines is 1. The first-order chi connectivity index (χ1) is 8.80. The Bertz CT molecular complexity index is 496. The van der Waals surface area contributed by atoms with Gasteiger partial charge in [-0.3, -0.25) is 0 Å². The standard InChI is InChI=1S/C13H16F2N2OS/c1-13(18)3-2-4-17(7-13)11-9(14)5-8(12(16)19)6-10(11)15/h5-6,18H,2-4,7H2,1H3,(H2,16,19). The number of hydrogen-bond acceptors (Lipinski definition) is 3. The van der Waals surface area contributed by atoms with Crippen molar-refractivity contribution >= 4 is 22.9 Å². The van der Waals surface area contributed by atoms with E-state index in [1.54, 1.807) is 6.92 Å². The van der Waals surface area contributed by atoms with Gasteiger partial charge in [-0.2, -0.15) is 0 Å². The number of rotatable bonds is 2. The minimum Gasteiger partial charge on any atom is -0.389 e. The number of nitrogens with two attached hydrogens (primary N) is 1. The molecular formula is C13H16F2N2OS. The predicted molar refractivity (Wildman–Crippen MR) is 74.3 cm³/mol. The second-order valence-corrected chi connectivity index (χ2v) is 5.61. The minimum atomic E-state index is -0.932. The highest BCUT2D eigenvalue weighted by molar-refractivity contribution is 7.80. The average Bonchev–Trinajstić information content (AvgIpc) is 2.26. The zero-order valence-electron chi connectivity index (χ0n) is 10.6. The molecule has 104 valence electrons. The molecule has 1 heterocycles. The Labute approximate surface area is 116 Å². The molecule has 0 bridgehead atoms. The SMILES string of the molecule is CC1(O)CCCN(c2c(F)cc(C(N)=S)cc2F)C1. The molecule has 0 amide bonds. The van der Waals surface area contributed by atoms with Crippen LogP contribution >= 0.6 is 12.2 Å². The topological polar surface area (TPSA) is 49.5 Å². The number of hydrogen-bond donors (Lipinski definition) is 2. The molecule has 1 fully saturated rings. The van der Waals surface area contributed by atoms with Gasteiger partial charge < -0.3 is 15.7 Å². The minimum absolute atomic E-state index is 0.0463. The van der Waals surface area contributed by atoms with E-state index in [0.29, 0.717) is 19.4 Å². The monoisotopic (exact) mass is 286 g/mol. The Morgan fingerprint density at radius 1 is 1.42 bits per heavy atom. The lowest BCUT2D eigenvalue weighted by Crippen LogP contribution is -2.46. The van der Waals surface area contributed by atoms with E-state index in [2.05, 4.69) is 0 Å². The van der Waals surface area contributed by atoms with E-state index in [-0.39, 0.29) is 22.8 Å². The molecule has 3 nitrogen and oxygen atoms in total. The summed E-state index contributed by atoms with van der Waals surface area (Å²) in [7, 11) is 0. The third kappa shape index (κ3) is 3.01. The molecule has 6 heteroatoms. The molecule has 1 unspecified atom stereocenters. The predicted octanol–water partition coefficient (Wildman–Crippen LogP) is 1.95. The Morgan fingerprint density at radius 3 is 2.47 bits per heavy atom. The van der Waals surface area contributed by atoms with Crippen molar-refractivity contribution in [3.63, 3.8) is 0 Å². The summed E-state index contributed by atoms with van der Waals surface area (Å²) in [4.78, 5) is 1.48. The second-order valence-electron chi connectivity index (χ2n) is 5.17. The van der Waals surface area contributed by atoms with Crippen molar-refractivity contribution < 1.29 is 13.9 Å². The van der Waals surface area contributed by atoms with Crippen LogP contribution in [0.25, 0.3) is 0 Å². The molecule has 19 heavy (non-hydrogen) atoms. The largest absolute Gasteiger partial charge is 0.389 e. The molecule has 0 saturated carbocycles. The van der Waals surface area contributed by atoms with Crippen LogP contribution in [0.2, 0.25) is 0 Å². The van der Waals surface area contributed by atoms with Gasteiger partial charge in [0.05, 0.1) is 5.60 Å². The lowest BCUT2D eigenvalue weighted by Gasteiger charge is -2.38. The summed E-state index contributed by atoms with van der Waals surface area (Å²) < 4.78 is 28.1. The van der Waals surface area contributed by atoms with Gasteiger partial charge in [0.15, 0.2) is 0 Å². The van der Waals surface area contributed by atoms with E-state index in [0.717, 1.165) is 12.1 Å². The van der Waals surface area contributed by atoms with Crippen molar-refractivity contribution in [1.82, 2.24) is 0 Å². The molecule has 0 aliphatic carbocycles. The summed E-state index contributed by atoms with van der Waals surface area (Å²) >= 11 is 4.71. The summed E-state index contributed by atoms with van der Waals surface area (Å²) in [6.07, 6.45) is 1.31. The Morgan fingerprint density at radius 2 is 2.00 bits per heavy atom. The van der Waals surface area contributed by atoms with Crippen molar-refractivity contribution in [1.29, 1.82) is 0 Å². The van der Waals surface area contributed by atoms with Gasteiger partial charge in [0, 0.05) is 18.7 Å². The fraction of sp³-hybridized carbons (Fsp3) is 0.462. The first kappa shape index (κ1) is 14.1. The zero-order chi connectivity index (χ0) is 14.2. The number of thiocarbonyl (C=S) groups is 1. The summed E-state index contributed by atoms with van der Waals surface area (Å²) in [6.45, 7) is 2.38. The van der Waals surface area contributed by atoms with Crippen molar-refractivity contribution in [3.8, 4) is 0 Å². The van der Waals surface area contributed by atoms with Crippen LogP contribution in [0.1, 0.15) is 25.3 Å². The van der Waals surface area contributed by atoms with Crippen LogP contribution in [0.5, 0.6) is 0 Å². The maximum atomic E-state index is 14.0. The Balaban J connectivity index is 2.37. The first-order valence-electron chi connectivity index (χ1n) is 6.06. The summed E-state index contributed by atoms with van der Waals surface area (Å²) in [5.74, 6) is -1.42. The number of halogens is 2. The fourth-order valence-electron chi connectivity index (χ4n) is 2.42. The van der Waals surface area contributed by atoms with Gasteiger partial charge >= 0.3 is 0 Å². The van der Waals surface area contributed by atoms with E-state index < -0.39 is 17.2 Å². The van der Waals surface area contributed by atoms with E-state index in [1.165, 1.54) is 4.90 Å². The Hall–Kier alpha value is -1.27. The number of aliphatic hydroxyl groups is 1. The van der Waals surface area contributed by atoms with Crippen LogP contribution < -0.4 is 10.6 Å². The molecule has 0 spiro atoms. The van der Waals surface area contributed by atoms with E-state index in [1.807, 2.05) is 0 Å². The summed E-state index contributed by atoms with van der Waals surface area (Å²) in [5.41, 5.74) is 4.48. The van der Waals surface area contributed by atoms with Crippen LogP contribution in [0.3, 0.4) is 0 Å². The van der Waals surface area contributed by atoms with Crippen molar-refractivity contribution in [2.24, 2.45) is 5.73 Å². The van der Waals surface area contributed by atoms with E-state index in [4.69, 9.17) is 18.0 Å². The van der Waals surface area contributed by atoms with Gasteiger partial charge in [-0.05, 0) is 31.9 Å². The molecule has 0 aromatic heterocycles. The normalized spacial score (nSPS) is 23.5. The van der Waals surface area contributed by atoms with Gasteiger partial charge in [0.2, 0.25) is 0 Å². The molecule has 1 saturated heterocycles. The molecule has 1 aromatic rings. The maximum absolute atomic E-state index is 14.0. The van der Waals surface area contributed by atoms with Crippen molar-refractivity contribution in [3.05, 3.63) is 29.3 Å². The average molecular weight is 286 g/mol. The third-order valence-corrected chi connectivity index (χ3v) is 3.53. The van der Waals surface area contributed by atoms with Gasteiger partial charge in [-0.25, -0.2) is 8.78 Å². The maximum Gasteiger partial charge on any atom is 0.150 e. The molecule has 1 aromatic carbocycles. The fourth-order valence-corrected chi connectivity index (χ4v) is 2.54. The molecule has 1 aliphatic heterocycles. The molecule has 3 N–H and O–H groups in total. The molecule has 1 aliphatic rings. The van der Waals surface area contributed by atoms with Gasteiger partial charge in [-0.15, -0.1) is 0 Å². The Kier molecular flexibility index (Phi) is 3.73. The van der Waals surface area contributed by atoms with E-state index >= 15 is 0 Å². The lowest BCUT2D eigenvalue weighted by molar-refractivity contribution is 0.0446. The first-order valence-corrected chi connectivity index (χ1v) is 6.47. The summed E-state index contributed by atoms with van der Waals surface area (Å²) in [5, 5.41) is 10.0. The van der Waals surface area contributed by atoms with Crippen LogP contribution in [0.4, 0.5) is 14.5 Å². The highest BCUT2D eigenvalue weighted by atomic mass is 32.1. The van der Waals surface area contributed by atoms with Crippen LogP contribution in [0.15, 0.2) is 12.1 Å². The smallest absolute Gasteiger partial charge is 0.150 e. The van der Waals surface area contributed by atoms with Crippen molar-refractivity contribution in [2.45, 2.75) is 25.4 Å². The second kappa shape index (κ2) is 5.02. The lowest BCUT2D eigenvalue weighted by atomic mass is 9.94. The quantitative estimate of drug-likeness (QED) is 0.816. The molecule has 2 rings (SSSR count). The molecular weight excluding hydrogens is 270 g/mol. The highest BCUT2D eigenvalue weighted by Crippen LogP contribution is 2.30. The van der Waals surface area contributed by atoms with Gasteiger partial charge in [0.1, 0.15) is 22.3 Å². The van der Waals surface area contributed by atoms with Crippen LogP contribution in [-0.4, -0.2) is 28.8 Å². The van der Waals surface area contributed by atoms with Gasteiger partial charge in [-0.1, -0.05) is 12.2 Å². The molecule has 1 atom stereocenters. The summed E-state index contributed by atoms with van der Waals surface area (Å²) in [6, 6.07) is 2.26. The third-order valence-electron chi connectivity index (χ3n) is 3.29. The highest BCUT2D eigenvalue weighted by Gasteiger charge is 2.31. The van der Waals surface area contributed by atoms with E-state index in [9.17, 15) is 13.9 Å². The number of β-amino-alcohol motifs (C(OH)–C–C–N with tert-alkyl or cyclic N) is 1. The van der Waals surface area contributed by atoms with Crippen molar-refractivity contribution in [2.75, 3.05) is 18.0 Å².